The molecule has 0 spiro atoms. The van der Waals surface area contributed by atoms with E-state index in [9.17, 15) is 4.79 Å². The standard InChI is InChI=1S/C15H24N2O2/c1-10(2)12-6-7-13(14(9-12)19-4)17-15(18)8-5-11(3)16/h6-7,9-11H,5,8,16H2,1-4H3,(H,17,18). The van der Waals surface area contributed by atoms with E-state index in [0.29, 0.717) is 30.2 Å². The molecule has 1 unspecified atom stereocenters. The number of rotatable bonds is 6. The topological polar surface area (TPSA) is 64.3 Å². The van der Waals surface area contributed by atoms with E-state index < -0.39 is 0 Å². The molecule has 1 amide bonds. The van der Waals surface area contributed by atoms with Gasteiger partial charge in [0.25, 0.3) is 0 Å². The van der Waals surface area contributed by atoms with Gasteiger partial charge in [-0.05, 0) is 37.0 Å². The Morgan fingerprint density at radius 3 is 2.58 bits per heavy atom. The maximum atomic E-state index is 11.8. The number of carbonyl (C=O) groups is 1. The van der Waals surface area contributed by atoms with E-state index in [1.165, 1.54) is 5.56 Å². The van der Waals surface area contributed by atoms with E-state index in [4.69, 9.17) is 10.5 Å². The largest absolute Gasteiger partial charge is 0.495 e. The van der Waals surface area contributed by atoms with Crippen molar-refractivity contribution >= 4 is 11.6 Å². The monoisotopic (exact) mass is 264 g/mol. The Morgan fingerprint density at radius 1 is 1.37 bits per heavy atom. The molecule has 4 nitrogen and oxygen atoms in total. The summed E-state index contributed by atoms with van der Waals surface area (Å²) in [6.07, 6.45) is 1.10. The second kappa shape index (κ2) is 7.14. The molecule has 0 aromatic heterocycles. The third-order valence-electron chi connectivity index (χ3n) is 2.99. The summed E-state index contributed by atoms with van der Waals surface area (Å²) in [4.78, 5) is 11.8. The number of hydrogen-bond acceptors (Lipinski definition) is 3. The van der Waals surface area contributed by atoms with Crippen LogP contribution in [0, 0.1) is 0 Å². The van der Waals surface area contributed by atoms with Gasteiger partial charge in [0.1, 0.15) is 5.75 Å². The predicted molar refractivity (Wildman–Crippen MR) is 78.6 cm³/mol. The molecular weight excluding hydrogens is 240 g/mol. The zero-order valence-electron chi connectivity index (χ0n) is 12.2. The fourth-order valence-corrected chi connectivity index (χ4v) is 1.74. The number of nitrogens with one attached hydrogen (secondary N) is 1. The summed E-state index contributed by atoms with van der Waals surface area (Å²) in [5, 5.41) is 2.86. The quantitative estimate of drug-likeness (QED) is 0.830. The van der Waals surface area contributed by atoms with E-state index in [2.05, 4.69) is 19.2 Å². The maximum absolute atomic E-state index is 11.8. The summed E-state index contributed by atoms with van der Waals surface area (Å²) in [5.74, 6) is 1.09. The van der Waals surface area contributed by atoms with E-state index in [-0.39, 0.29) is 11.9 Å². The molecular formula is C15H24N2O2. The molecule has 1 atom stereocenters. The van der Waals surface area contributed by atoms with Gasteiger partial charge >= 0.3 is 0 Å². The smallest absolute Gasteiger partial charge is 0.224 e. The minimum absolute atomic E-state index is 0.0344. The molecule has 3 N–H and O–H groups in total. The second-order valence-corrected chi connectivity index (χ2v) is 5.18. The Balaban J connectivity index is 2.75. The van der Waals surface area contributed by atoms with Crippen LogP contribution >= 0.6 is 0 Å². The summed E-state index contributed by atoms with van der Waals surface area (Å²) < 4.78 is 5.32. The number of carbonyl (C=O) groups excluding carboxylic acids is 1. The average molecular weight is 264 g/mol. The Morgan fingerprint density at radius 2 is 2.05 bits per heavy atom. The van der Waals surface area contributed by atoms with Crippen LogP contribution in [-0.4, -0.2) is 19.1 Å². The van der Waals surface area contributed by atoms with Crippen LogP contribution in [0.5, 0.6) is 5.75 Å². The van der Waals surface area contributed by atoms with Crippen LogP contribution < -0.4 is 15.8 Å². The van der Waals surface area contributed by atoms with Crippen LogP contribution in [0.1, 0.15) is 45.1 Å². The molecule has 0 bridgehead atoms. The molecule has 0 radical (unpaired) electrons. The predicted octanol–water partition coefficient (Wildman–Crippen LogP) is 2.88. The molecule has 106 valence electrons. The van der Waals surface area contributed by atoms with E-state index in [0.717, 1.165) is 0 Å². The molecule has 1 rings (SSSR count). The molecule has 0 aliphatic carbocycles. The second-order valence-electron chi connectivity index (χ2n) is 5.18. The van der Waals surface area contributed by atoms with Gasteiger partial charge < -0.3 is 15.8 Å². The van der Waals surface area contributed by atoms with E-state index in [1.807, 2.05) is 25.1 Å². The van der Waals surface area contributed by atoms with Crippen LogP contribution in [-0.2, 0) is 4.79 Å². The van der Waals surface area contributed by atoms with Crippen LogP contribution in [0.15, 0.2) is 18.2 Å². The van der Waals surface area contributed by atoms with Gasteiger partial charge in [0.15, 0.2) is 0 Å². The minimum atomic E-state index is -0.0344. The highest BCUT2D eigenvalue weighted by Crippen LogP contribution is 2.28. The molecule has 0 aliphatic rings. The first-order valence-electron chi connectivity index (χ1n) is 6.67. The zero-order chi connectivity index (χ0) is 14.4. The normalized spacial score (nSPS) is 12.3. The molecule has 0 heterocycles. The SMILES string of the molecule is COc1cc(C(C)C)ccc1NC(=O)CCC(C)N. The van der Waals surface area contributed by atoms with E-state index in [1.54, 1.807) is 7.11 Å². The lowest BCUT2D eigenvalue weighted by molar-refractivity contribution is -0.116. The van der Waals surface area contributed by atoms with Crippen molar-refractivity contribution in [2.75, 3.05) is 12.4 Å². The zero-order valence-corrected chi connectivity index (χ0v) is 12.2. The first-order chi connectivity index (χ1) is 8.93. The van der Waals surface area contributed by atoms with Gasteiger partial charge in [-0.3, -0.25) is 4.79 Å². The van der Waals surface area contributed by atoms with Crippen LogP contribution in [0.2, 0.25) is 0 Å². The Bertz CT molecular complexity index is 428. The molecule has 1 aromatic rings. The number of ether oxygens (including phenoxy) is 1. The lowest BCUT2D eigenvalue weighted by Gasteiger charge is -2.13. The summed E-state index contributed by atoms with van der Waals surface area (Å²) in [5.41, 5.74) is 7.53. The van der Waals surface area contributed by atoms with Crippen LogP contribution in [0.3, 0.4) is 0 Å². The van der Waals surface area contributed by atoms with Crippen molar-refractivity contribution in [2.45, 2.75) is 45.6 Å². The molecule has 0 fully saturated rings. The van der Waals surface area contributed by atoms with Crippen molar-refractivity contribution in [2.24, 2.45) is 5.73 Å². The van der Waals surface area contributed by atoms with Crippen molar-refractivity contribution < 1.29 is 9.53 Å². The van der Waals surface area contributed by atoms with Crippen molar-refractivity contribution in [3.8, 4) is 5.75 Å². The minimum Gasteiger partial charge on any atom is -0.495 e. The van der Waals surface area contributed by atoms with Gasteiger partial charge in [0.2, 0.25) is 5.91 Å². The first-order valence-corrected chi connectivity index (χ1v) is 6.67. The number of nitrogens with two attached hydrogens (primary N) is 1. The molecule has 0 aliphatic heterocycles. The number of hydrogen-bond donors (Lipinski definition) is 2. The Hall–Kier alpha value is -1.55. The van der Waals surface area contributed by atoms with Crippen molar-refractivity contribution in [3.63, 3.8) is 0 Å². The molecule has 19 heavy (non-hydrogen) atoms. The highest BCUT2D eigenvalue weighted by atomic mass is 16.5. The Kier molecular flexibility index (Phi) is 5.83. The summed E-state index contributed by atoms with van der Waals surface area (Å²) in [6, 6.07) is 5.90. The van der Waals surface area contributed by atoms with Gasteiger partial charge in [-0.25, -0.2) is 0 Å². The molecule has 4 heteroatoms. The summed E-state index contributed by atoms with van der Waals surface area (Å²) >= 11 is 0. The highest BCUT2D eigenvalue weighted by molar-refractivity contribution is 5.92. The van der Waals surface area contributed by atoms with Gasteiger partial charge in [-0.2, -0.15) is 0 Å². The lowest BCUT2D eigenvalue weighted by atomic mass is 10.0. The highest BCUT2D eigenvalue weighted by Gasteiger charge is 2.10. The first kappa shape index (κ1) is 15.5. The fourth-order valence-electron chi connectivity index (χ4n) is 1.74. The van der Waals surface area contributed by atoms with Gasteiger partial charge in [-0.15, -0.1) is 0 Å². The summed E-state index contributed by atoms with van der Waals surface area (Å²) in [6.45, 7) is 6.14. The van der Waals surface area contributed by atoms with Crippen LogP contribution in [0.25, 0.3) is 0 Å². The van der Waals surface area contributed by atoms with Gasteiger partial charge in [0, 0.05) is 12.5 Å². The number of benzene rings is 1. The van der Waals surface area contributed by atoms with Crippen molar-refractivity contribution in [3.05, 3.63) is 23.8 Å². The Labute approximate surface area is 115 Å². The van der Waals surface area contributed by atoms with Crippen molar-refractivity contribution in [1.82, 2.24) is 0 Å². The number of anilines is 1. The third kappa shape index (κ3) is 4.91. The maximum Gasteiger partial charge on any atom is 0.224 e. The fraction of sp³-hybridized carbons (Fsp3) is 0.533. The molecule has 0 saturated heterocycles. The van der Waals surface area contributed by atoms with E-state index >= 15 is 0 Å². The molecule has 1 aromatic carbocycles. The van der Waals surface area contributed by atoms with Crippen molar-refractivity contribution in [1.29, 1.82) is 0 Å². The molecule has 0 saturated carbocycles. The van der Waals surface area contributed by atoms with Crippen LogP contribution in [0.4, 0.5) is 5.69 Å². The lowest BCUT2D eigenvalue weighted by Crippen LogP contribution is -2.19. The number of amides is 1. The van der Waals surface area contributed by atoms with Gasteiger partial charge in [0.05, 0.1) is 12.8 Å². The summed E-state index contributed by atoms with van der Waals surface area (Å²) in [7, 11) is 1.61. The average Bonchev–Trinajstić information content (AvgIpc) is 2.36. The number of methoxy groups -OCH3 is 1. The third-order valence-corrected chi connectivity index (χ3v) is 2.99. The van der Waals surface area contributed by atoms with Gasteiger partial charge in [-0.1, -0.05) is 19.9 Å².